The SMILES string of the molecule is O=C(CCc1nc2ccccc2c(=O)n1C1CC1)N1CCN(CC(=O)N2CCCCC2)CC1. The zero-order valence-electron chi connectivity index (χ0n) is 19.2. The number of hydrogen-bond acceptors (Lipinski definition) is 5. The van der Waals surface area contributed by atoms with E-state index in [9.17, 15) is 14.4 Å². The standard InChI is InChI=1S/C25H33N5O3/c31-23(29-16-14-27(15-17-29)18-24(32)28-12-4-1-5-13-28)11-10-22-26-21-7-3-2-6-20(21)25(33)30(22)19-8-9-19/h2-3,6-7,19H,1,4-5,8-18H2. The summed E-state index contributed by atoms with van der Waals surface area (Å²) in [7, 11) is 0. The van der Waals surface area contributed by atoms with Crippen molar-refractivity contribution in [1.82, 2.24) is 24.3 Å². The quantitative estimate of drug-likeness (QED) is 0.670. The van der Waals surface area contributed by atoms with Crippen LogP contribution in [-0.4, -0.2) is 81.9 Å². The van der Waals surface area contributed by atoms with Gasteiger partial charge in [-0.25, -0.2) is 4.98 Å². The summed E-state index contributed by atoms with van der Waals surface area (Å²) in [5.41, 5.74) is 0.714. The fourth-order valence-electron chi connectivity index (χ4n) is 5.04. The number of fused-ring (bicyclic) bond motifs is 1. The maximum atomic E-state index is 13.0. The van der Waals surface area contributed by atoms with Crippen LogP contribution in [0, 0.1) is 0 Å². The molecule has 0 atom stereocenters. The summed E-state index contributed by atoms with van der Waals surface area (Å²) in [4.78, 5) is 49.2. The van der Waals surface area contributed by atoms with Crippen molar-refractivity contribution < 1.29 is 9.59 Å². The third-order valence-electron chi connectivity index (χ3n) is 7.15. The number of carbonyl (C=O) groups is 2. The maximum Gasteiger partial charge on any atom is 0.261 e. The first-order valence-electron chi connectivity index (χ1n) is 12.4. The van der Waals surface area contributed by atoms with Crippen LogP contribution >= 0.6 is 0 Å². The molecule has 3 aliphatic rings. The number of benzene rings is 1. The van der Waals surface area contributed by atoms with Gasteiger partial charge in [0.2, 0.25) is 11.8 Å². The average Bonchev–Trinajstić information content (AvgIpc) is 3.69. The molecule has 0 unspecified atom stereocenters. The van der Waals surface area contributed by atoms with Gasteiger partial charge in [0.25, 0.3) is 5.56 Å². The molecule has 0 radical (unpaired) electrons. The molecule has 8 nitrogen and oxygen atoms in total. The number of carbonyl (C=O) groups excluding carboxylic acids is 2. The van der Waals surface area contributed by atoms with Gasteiger partial charge >= 0.3 is 0 Å². The zero-order valence-corrected chi connectivity index (χ0v) is 19.2. The van der Waals surface area contributed by atoms with Gasteiger partial charge in [-0.2, -0.15) is 0 Å². The summed E-state index contributed by atoms with van der Waals surface area (Å²) in [6, 6.07) is 7.67. The van der Waals surface area contributed by atoms with Crippen molar-refractivity contribution in [2.45, 2.75) is 51.0 Å². The monoisotopic (exact) mass is 451 g/mol. The number of likely N-dealkylation sites (tertiary alicyclic amines) is 1. The fourth-order valence-corrected chi connectivity index (χ4v) is 5.04. The summed E-state index contributed by atoms with van der Waals surface area (Å²) in [5, 5.41) is 0.648. The lowest BCUT2D eigenvalue weighted by Crippen LogP contribution is -2.52. The highest BCUT2D eigenvalue weighted by Gasteiger charge is 2.29. The van der Waals surface area contributed by atoms with E-state index in [0.717, 1.165) is 57.7 Å². The molecule has 3 heterocycles. The molecule has 2 aromatic rings. The Balaban J connectivity index is 1.16. The Morgan fingerprint density at radius 2 is 1.58 bits per heavy atom. The number of nitrogens with zero attached hydrogens (tertiary/aromatic N) is 5. The summed E-state index contributed by atoms with van der Waals surface area (Å²) in [6.45, 7) is 4.97. The van der Waals surface area contributed by atoms with E-state index >= 15 is 0 Å². The maximum absolute atomic E-state index is 13.0. The van der Waals surface area contributed by atoms with Crippen LogP contribution in [0.25, 0.3) is 10.9 Å². The lowest BCUT2D eigenvalue weighted by molar-refractivity contribution is -0.135. The zero-order chi connectivity index (χ0) is 22.8. The van der Waals surface area contributed by atoms with Crippen LogP contribution in [0.5, 0.6) is 0 Å². The highest BCUT2D eigenvalue weighted by Crippen LogP contribution is 2.35. The van der Waals surface area contributed by atoms with Gasteiger partial charge in [0.05, 0.1) is 17.4 Å². The van der Waals surface area contributed by atoms with Crippen molar-refractivity contribution in [3.05, 3.63) is 40.4 Å². The van der Waals surface area contributed by atoms with Gasteiger partial charge in [-0.05, 0) is 44.2 Å². The summed E-state index contributed by atoms with van der Waals surface area (Å²) in [6.07, 6.45) is 6.25. The molecule has 8 heteroatoms. The lowest BCUT2D eigenvalue weighted by atomic mass is 10.1. The molecule has 1 aromatic heterocycles. The Labute approximate surface area is 194 Å². The van der Waals surface area contributed by atoms with Gasteiger partial charge in [0.1, 0.15) is 5.82 Å². The predicted octanol–water partition coefficient (Wildman–Crippen LogP) is 1.82. The van der Waals surface area contributed by atoms with Crippen LogP contribution in [0.3, 0.4) is 0 Å². The van der Waals surface area contributed by atoms with Crippen molar-refractivity contribution in [1.29, 1.82) is 0 Å². The van der Waals surface area contributed by atoms with E-state index in [4.69, 9.17) is 4.98 Å². The second-order valence-electron chi connectivity index (χ2n) is 9.55. The number of aryl methyl sites for hydroxylation is 1. The molecule has 0 spiro atoms. The van der Waals surface area contributed by atoms with E-state index in [-0.39, 0.29) is 23.4 Å². The van der Waals surface area contributed by atoms with Crippen LogP contribution < -0.4 is 5.56 Å². The summed E-state index contributed by atoms with van der Waals surface area (Å²) in [5.74, 6) is 1.04. The van der Waals surface area contributed by atoms with E-state index < -0.39 is 0 Å². The van der Waals surface area contributed by atoms with Gasteiger partial charge in [-0.1, -0.05) is 12.1 Å². The molecule has 1 saturated carbocycles. The first kappa shape index (κ1) is 22.1. The first-order valence-corrected chi connectivity index (χ1v) is 12.4. The van der Waals surface area contributed by atoms with Crippen molar-refractivity contribution in [2.75, 3.05) is 45.8 Å². The van der Waals surface area contributed by atoms with Gasteiger partial charge in [0.15, 0.2) is 0 Å². The first-order chi connectivity index (χ1) is 16.1. The lowest BCUT2D eigenvalue weighted by Gasteiger charge is -2.36. The third kappa shape index (κ3) is 4.95. The molecule has 0 bridgehead atoms. The fraction of sp³-hybridized carbons (Fsp3) is 0.600. The normalized spacial score (nSPS) is 19.8. The number of rotatable bonds is 6. The molecule has 0 N–H and O–H groups in total. The topological polar surface area (TPSA) is 78.8 Å². The van der Waals surface area contributed by atoms with E-state index in [1.807, 2.05) is 38.6 Å². The minimum atomic E-state index is 0.0116. The number of piperazine rings is 1. The minimum Gasteiger partial charge on any atom is -0.342 e. The smallest absolute Gasteiger partial charge is 0.261 e. The van der Waals surface area contributed by atoms with Gasteiger partial charge < -0.3 is 9.80 Å². The number of para-hydroxylation sites is 1. The number of aromatic nitrogens is 2. The Morgan fingerprint density at radius 1 is 0.879 bits per heavy atom. The summed E-state index contributed by atoms with van der Waals surface area (Å²) < 4.78 is 1.82. The molecule has 5 rings (SSSR count). The van der Waals surface area contributed by atoms with Crippen LogP contribution in [0.4, 0.5) is 0 Å². The highest BCUT2D eigenvalue weighted by molar-refractivity contribution is 5.79. The molecular formula is C25H33N5O3. The van der Waals surface area contributed by atoms with Crippen LogP contribution in [0.2, 0.25) is 0 Å². The average molecular weight is 452 g/mol. The van der Waals surface area contributed by atoms with Gasteiger partial charge in [-0.3, -0.25) is 23.9 Å². The molecular weight excluding hydrogens is 418 g/mol. The van der Waals surface area contributed by atoms with Crippen LogP contribution in [-0.2, 0) is 16.0 Å². The Kier molecular flexibility index (Phi) is 6.44. The number of piperidine rings is 1. The second-order valence-corrected chi connectivity index (χ2v) is 9.55. The van der Waals surface area contributed by atoms with Crippen LogP contribution in [0.1, 0.15) is 50.4 Å². The van der Waals surface area contributed by atoms with Crippen molar-refractivity contribution in [3.8, 4) is 0 Å². The molecule has 2 amide bonds. The van der Waals surface area contributed by atoms with Gasteiger partial charge in [0, 0.05) is 58.2 Å². The molecule has 2 aliphatic heterocycles. The molecule has 33 heavy (non-hydrogen) atoms. The van der Waals surface area contributed by atoms with E-state index in [0.29, 0.717) is 43.4 Å². The van der Waals surface area contributed by atoms with Crippen molar-refractivity contribution in [2.24, 2.45) is 0 Å². The summed E-state index contributed by atoms with van der Waals surface area (Å²) >= 11 is 0. The Morgan fingerprint density at radius 3 is 2.30 bits per heavy atom. The van der Waals surface area contributed by atoms with Crippen molar-refractivity contribution in [3.63, 3.8) is 0 Å². The number of hydrogen-bond donors (Lipinski definition) is 0. The molecule has 2 saturated heterocycles. The highest BCUT2D eigenvalue weighted by atomic mass is 16.2. The van der Waals surface area contributed by atoms with Gasteiger partial charge in [-0.15, -0.1) is 0 Å². The van der Waals surface area contributed by atoms with E-state index in [1.54, 1.807) is 0 Å². The Hall–Kier alpha value is -2.74. The van der Waals surface area contributed by atoms with Crippen molar-refractivity contribution >= 4 is 22.7 Å². The Bertz CT molecular complexity index is 1080. The number of amides is 2. The third-order valence-corrected chi connectivity index (χ3v) is 7.15. The minimum absolute atomic E-state index is 0.0116. The predicted molar refractivity (Wildman–Crippen MR) is 126 cm³/mol. The molecule has 176 valence electrons. The second kappa shape index (κ2) is 9.63. The van der Waals surface area contributed by atoms with E-state index in [1.165, 1.54) is 6.42 Å². The van der Waals surface area contributed by atoms with Crippen LogP contribution in [0.15, 0.2) is 29.1 Å². The molecule has 1 aliphatic carbocycles. The largest absolute Gasteiger partial charge is 0.342 e. The molecule has 3 fully saturated rings. The molecule has 1 aromatic carbocycles. The van der Waals surface area contributed by atoms with E-state index in [2.05, 4.69) is 4.90 Å².